The van der Waals surface area contributed by atoms with Crippen LogP contribution in [0.5, 0.6) is 0 Å². The fourth-order valence-electron chi connectivity index (χ4n) is 1.99. The number of benzene rings is 1. The Kier molecular flexibility index (Phi) is 6.88. The molecule has 1 aromatic carbocycles. The van der Waals surface area contributed by atoms with E-state index in [0.29, 0.717) is 11.4 Å². The number of carbonyl (C=O) groups is 1. The van der Waals surface area contributed by atoms with Crippen molar-refractivity contribution in [3.8, 4) is 11.4 Å². The molecule has 0 unspecified atom stereocenters. The first-order valence-electron chi connectivity index (χ1n) is 7.28. The summed E-state index contributed by atoms with van der Waals surface area (Å²) in [7, 11) is 3.36. The minimum atomic E-state index is -0.171. The maximum Gasteiger partial charge on any atom is 0.311 e. The minimum Gasteiger partial charge on any atom is -0.469 e. The molecule has 0 aliphatic rings. The summed E-state index contributed by atoms with van der Waals surface area (Å²) in [5, 5.41) is 12.1. The molecule has 0 saturated heterocycles. The normalized spacial score (nSPS) is 10.7. The molecule has 23 heavy (non-hydrogen) atoms. The van der Waals surface area contributed by atoms with Crippen molar-refractivity contribution in [2.45, 2.75) is 11.6 Å². The summed E-state index contributed by atoms with van der Waals surface area (Å²) in [6, 6.07) is 7.55. The third-order valence-corrected chi connectivity index (χ3v) is 4.58. The summed E-state index contributed by atoms with van der Waals surface area (Å²) in [6.45, 7) is 1.65. The van der Waals surface area contributed by atoms with Crippen LogP contribution in [0.4, 0.5) is 0 Å². The van der Waals surface area contributed by atoms with Gasteiger partial charge in [-0.3, -0.25) is 4.79 Å². The number of ether oxygens (including phenoxy) is 1. The predicted molar refractivity (Wildman–Crippen MR) is 90.5 cm³/mol. The number of carbonyl (C=O) groups excluding carboxylic acids is 1. The summed E-state index contributed by atoms with van der Waals surface area (Å²) in [4.78, 5) is 11.0. The molecule has 1 heterocycles. The molecule has 2 N–H and O–H groups in total. The maximum absolute atomic E-state index is 11.0. The Balaban J connectivity index is 1.81. The second-order valence-corrected chi connectivity index (χ2v) is 6.41. The Hall–Kier alpha value is -1.57. The van der Waals surface area contributed by atoms with Gasteiger partial charge in [-0.1, -0.05) is 23.4 Å². The Morgan fingerprint density at radius 1 is 1.30 bits per heavy atom. The third-order valence-electron chi connectivity index (χ3n) is 3.27. The highest BCUT2D eigenvalue weighted by molar-refractivity contribution is 7.99. The highest BCUT2D eigenvalue weighted by Crippen LogP contribution is 2.23. The quantitative estimate of drug-likeness (QED) is 0.439. The minimum absolute atomic E-state index is 0.171. The number of quaternary nitrogens is 1. The molecule has 0 saturated carbocycles. The summed E-state index contributed by atoms with van der Waals surface area (Å²) in [5.41, 5.74) is 0.987. The number of esters is 1. The molecule has 0 fully saturated rings. The van der Waals surface area contributed by atoms with Gasteiger partial charge in [0.25, 0.3) is 0 Å². The number of hydrogen-bond acceptors (Lipinski definition) is 5. The van der Waals surface area contributed by atoms with Gasteiger partial charge in [-0.05, 0) is 24.3 Å². The van der Waals surface area contributed by atoms with Crippen molar-refractivity contribution < 1.29 is 14.8 Å². The first-order chi connectivity index (χ1) is 11.1. The van der Waals surface area contributed by atoms with E-state index in [2.05, 4.69) is 20.3 Å². The van der Waals surface area contributed by atoms with Crippen molar-refractivity contribution in [2.75, 3.05) is 26.0 Å². The average molecular weight is 356 g/mol. The van der Waals surface area contributed by atoms with Crippen LogP contribution in [0, 0.1) is 0 Å². The Bertz CT molecular complexity index is 645. The number of aromatic nitrogens is 3. The Labute approximate surface area is 144 Å². The molecule has 0 amide bonds. The zero-order valence-corrected chi connectivity index (χ0v) is 14.7. The molecule has 0 aliphatic carbocycles. The molecule has 0 radical (unpaired) electrons. The summed E-state index contributed by atoms with van der Waals surface area (Å²) < 4.78 is 6.57. The van der Waals surface area contributed by atoms with Crippen molar-refractivity contribution >= 4 is 29.3 Å². The van der Waals surface area contributed by atoms with Crippen LogP contribution in [0.3, 0.4) is 0 Å². The van der Waals surface area contributed by atoms with Gasteiger partial charge >= 0.3 is 5.97 Å². The first-order valence-corrected chi connectivity index (χ1v) is 8.64. The zero-order chi connectivity index (χ0) is 16.7. The van der Waals surface area contributed by atoms with Gasteiger partial charge in [0.2, 0.25) is 0 Å². The lowest BCUT2D eigenvalue weighted by molar-refractivity contribution is -0.649. The second-order valence-electron chi connectivity index (χ2n) is 4.91. The maximum atomic E-state index is 11.0. The summed E-state index contributed by atoms with van der Waals surface area (Å²) in [5.74, 6) is 1.54. The molecule has 2 rings (SSSR count). The molecule has 2 aromatic rings. The van der Waals surface area contributed by atoms with E-state index in [9.17, 15) is 4.79 Å². The van der Waals surface area contributed by atoms with Crippen molar-refractivity contribution in [3.05, 3.63) is 29.3 Å². The van der Waals surface area contributed by atoms with E-state index >= 15 is 0 Å². The zero-order valence-electron chi connectivity index (χ0n) is 13.2. The second kappa shape index (κ2) is 8.90. The lowest BCUT2D eigenvalue weighted by Crippen LogP contribution is -2.85. The molecule has 8 heteroatoms. The van der Waals surface area contributed by atoms with Crippen LogP contribution in [-0.2, 0) is 16.6 Å². The molecule has 0 spiro atoms. The van der Waals surface area contributed by atoms with Crippen molar-refractivity contribution in [1.29, 1.82) is 0 Å². The van der Waals surface area contributed by atoms with E-state index in [1.54, 1.807) is 11.8 Å². The molecule has 0 bridgehead atoms. The number of nitrogens with two attached hydrogens (primary N) is 1. The number of nitrogens with zero attached hydrogens (tertiary/aromatic N) is 3. The lowest BCUT2D eigenvalue weighted by Gasteiger charge is -2.04. The van der Waals surface area contributed by atoms with Crippen LogP contribution in [0.1, 0.15) is 6.42 Å². The largest absolute Gasteiger partial charge is 0.469 e. The fraction of sp³-hybridized carbons (Fsp3) is 0.400. The van der Waals surface area contributed by atoms with Crippen LogP contribution >= 0.6 is 23.4 Å². The summed E-state index contributed by atoms with van der Waals surface area (Å²) in [6.07, 6.45) is 0.436. The van der Waals surface area contributed by atoms with E-state index in [-0.39, 0.29) is 5.97 Å². The van der Waals surface area contributed by atoms with Crippen LogP contribution in [0.2, 0.25) is 5.02 Å². The number of methoxy groups -OCH3 is 1. The van der Waals surface area contributed by atoms with Gasteiger partial charge in [0.1, 0.15) is 0 Å². The van der Waals surface area contributed by atoms with Crippen molar-refractivity contribution in [1.82, 2.24) is 14.8 Å². The van der Waals surface area contributed by atoms with E-state index in [0.717, 1.165) is 35.4 Å². The van der Waals surface area contributed by atoms with Gasteiger partial charge in [0.05, 0.1) is 32.4 Å². The van der Waals surface area contributed by atoms with Crippen LogP contribution in [-0.4, -0.2) is 46.7 Å². The highest BCUT2D eigenvalue weighted by Gasteiger charge is 2.11. The lowest BCUT2D eigenvalue weighted by atomic mass is 10.2. The molecular formula is C15H20ClN4O2S+. The smallest absolute Gasteiger partial charge is 0.311 e. The van der Waals surface area contributed by atoms with Crippen molar-refractivity contribution in [3.63, 3.8) is 0 Å². The Morgan fingerprint density at radius 2 is 2.04 bits per heavy atom. The van der Waals surface area contributed by atoms with Crippen LogP contribution in [0.25, 0.3) is 11.4 Å². The van der Waals surface area contributed by atoms with Gasteiger partial charge in [-0.2, -0.15) is 0 Å². The molecule has 124 valence electrons. The SMILES string of the molecule is COC(=O)CC[NH2+]CCSc1nnc(-c2ccc(Cl)cc2)n1C. The van der Waals surface area contributed by atoms with Gasteiger partial charge in [0, 0.05) is 17.6 Å². The first kappa shape index (κ1) is 17.8. The van der Waals surface area contributed by atoms with Crippen LogP contribution in [0.15, 0.2) is 29.4 Å². The van der Waals surface area contributed by atoms with E-state index in [1.807, 2.05) is 35.9 Å². The molecule has 1 aromatic heterocycles. The predicted octanol–water partition coefficient (Wildman–Crippen LogP) is 1.35. The number of halogens is 1. The van der Waals surface area contributed by atoms with Gasteiger partial charge in [0.15, 0.2) is 11.0 Å². The summed E-state index contributed by atoms with van der Waals surface area (Å²) >= 11 is 7.55. The van der Waals surface area contributed by atoms with E-state index < -0.39 is 0 Å². The standard InChI is InChI=1S/C15H19ClN4O2S/c1-20-14(11-3-5-12(16)6-4-11)18-19-15(20)23-10-9-17-8-7-13(21)22-2/h3-6,17H,7-10H2,1-2H3/p+1. The topological polar surface area (TPSA) is 73.6 Å². The van der Waals surface area contributed by atoms with Crippen LogP contribution < -0.4 is 5.32 Å². The number of hydrogen-bond donors (Lipinski definition) is 1. The molecule has 6 nitrogen and oxygen atoms in total. The molecule has 0 atom stereocenters. The van der Waals surface area contributed by atoms with Gasteiger partial charge < -0.3 is 14.6 Å². The fourth-order valence-corrected chi connectivity index (χ4v) is 2.96. The monoisotopic (exact) mass is 355 g/mol. The van der Waals surface area contributed by atoms with Crippen molar-refractivity contribution in [2.24, 2.45) is 7.05 Å². The van der Waals surface area contributed by atoms with Gasteiger partial charge in [-0.15, -0.1) is 10.2 Å². The third kappa shape index (κ3) is 5.23. The van der Waals surface area contributed by atoms with E-state index in [1.165, 1.54) is 7.11 Å². The van der Waals surface area contributed by atoms with E-state index in [4.69, 9.17) is 11.6 Å². The van der Waals surface area contributed by atoms with Gasteiger partial charge in [-0.25, -0.2) is 0 Å². The number of thioether (sulfide) groups is 1. The Morgan fingerprint density at radius 3 is 2.74 bits per heavy atom. The molecular weight excluding hydrogens is 336 g/mol. The average Bonchev–Trinajstić information content (AvgIpc) is 2.92. The highest BCUT2D eigenvalue weighted by atomic mass is 35.5. The number of rotatable bonds is 8. The molecule has 0 aliphatic heterocycles.